The SMILES string of the molecule is CC(C)(C)OCCN1CC2CC(C1)N2CCOC(C)(C)C. The molecule has 0 N–H and O–H groups in total. The van der Waals surface area contributed by atoms with Gasteiger partial charge < -0.3 is 9.47 Å². The molecule has 2 unspecified atom stereocenters. The predicted octanol–water partition coefficient (Wildman–Crippen LogP) is 2.38. The van der Waals surface area contributed by atoms with E-state index in [-0.39, 0.29) is 11.2 Å². The first-order valence-electron chi connectivity index (χ1n) is 8.40. The molecular weight excluding hydrogens is 264 g/mol. The van der Waals surface area contributed by atoms with Gasteiger partial charge in [-0.3, -0.25) is 9.80 Å². The summed E-state index contributed by atoms with van der Waals surface area (Å²) < 4.78 is 11.7. The number of piperidine rings is 1. The molecule has 2 atom stereocenters. The Balaban J connectivity index is 1.63. The first kappa shape index (κ1) is 17.2. The van der Waals surface area contributed by atoms with Gasteiger partial charge in [-0.1, -0.05) is 0 Å². The normalized spacial score (nSPS) is 27.7. The topological polar surface area (TPSA) is 24.9 Å². The number of ether oxygens (including phenoxy) is 2. The zero-order valence-electron chi connectivity index (χ0n) is 14.8. The fourth-order valence-corrected chi connectivity index (χ4v) is 3.26. The quantitative estimate of drug-likeness (QED) is 0.752. The molecule has 3 heterocycles. The van der Waals surface area contributed by atoms with Crippen LogP contribution >= 0.6 is 0 Å². The van der Waals surface area contributed by atoms with E-state index in [1.54, 1.807) is 0 Å². The maximum Gasteiger partial charge on any atom is 0.0600 e. The molecule has 3 aliphatic heterocycles. The van der Waals surface area contributed by atoms with Crippen molar-refractivity contribution in [2.75, 3.05) is 39.4 Å². The van der Waals surface area contributed by atoms with E-state index in [0.717, 1.165) is 38.4 Å². The van der Waals surface area contributed by atoms with Crippen molar-refractivity contribution in [1.82, 2.24) is 9.80 Å². The van der Waals surface area contributed by atoms with Gasteiger partial charge in [0, 0.05) is 38.3 Å². The minimum atomic E-state index is -0.0188. The Labute approximate surface area is 130 Å². The predicted molar refractivity (Wildman–Crippen MR) is 86.7 cm³/mol. The number of nitrogens with zero attached hydrogens (tertiary/aromatic N) is 2. The Morgan fingerprint density at radius 1 is 0.810 bits per heavy atom. The largest absolute Gasteiger partial charge is 0.375 e. The summed E-state index contributed by atoms with van der Waals surface area (Å²) in [6, 6.07) is 1.48. The summed E-state index contributed by atoms with van der Waals surface area (Å²) >= 11 is 0. The molecule has 3 aliphatic rings. The van der Waals surface area contributed by atoms with Crippen LogP contribution in [0.3, 0.4) is 0 Å². The highest BCUT2D eigenvalue weighted by Gasteiger charge is 2.43. The molecule has 0 aromatic heterocycles. The Hall–Kier alpha value is -0.160. The van der Waals surface area contributed by atoms with Crippen molar-refractivity contribution in [3.8, 4) is 0 Å². The van der Waals surface area contributed by atoms with Gasteiger partial charge in [-0.25, -0.2) is 0 Å². The summed E-state index contributed by atoms with van der Waals surface area (Å²) in [5, 5.41) is 0. The molecule has 4 heteroatoms. The van der Waals surface area contributed by atoms with Crippen LogP contribution in [0.1, 0.15) is 48.0 Å². The van der Waals surface area contributed by atoms with Gasteiger partial charge in [-0.15, -0.1) is 0 Å². The smallest absolute Gasteiger partial charge is 0.0600 e. The van der Waals surface area contributed by atoms with Crippen LogP contribution in [0.2, 0.25) is 0 Å². The van der Waals surface area contributed by atoms with Crippen molar-refractivity contribution in [3.63, 3.8) is 0 Å². The van der Waals surface area contributed by atoms with Crippen LogP contribution in [0.5, 0.6) is 0 Å². The second-order valence-electron chi connectivity index (χ2n) is 8.46. The average molecular weight is 298 g/mol. The first-order chi connectivity index (χ1) is 9.64. The van der Waals surface area contributed by atoms with Gasteiger partial charge in [-0.05, 0) is 48.0 Å². The maximum atomic E-state index is 5.85. The van der Waals surface area contributed by atoms with Crippen LogP contribution in [0.4, 0.5) is 0 Å². The molecule has 0 aliphatic carbocycles. The maximum absolute atomic E-state index is 5.85. The highest BCUT2D eigenvalue weighted by molar-refractivity contribution is 5.00. The number of fused-ring (bicyclic) bond motifs is 2. The van der Waals surface area contributed by atoms with Crippen molar-refractivity contribution in [3.05, 3.63) is 0 Å². The third-order valence-corrected chi connectivity index (χ3v) is 4.25. The van der Waals surface area contributed by atoms with E-state index in [2.05, 4.69) is 51.3 Å². The lowest BCUT2D eigenvalue weighted by Gasteiger charge is -2.56. The number of rotatable bonds is 6. The zero-order chi connectivity index (χ0) is 15.7. The fourth-order valence-electron chi connectivity index (χ4n) is 3.26. The van der Waals surface area contributed by atoms with Crippen molar-refractivity contribution in [2.45, 2.75) is 71.2 Å². The molecule has 124 valence electrons. The van der Waals surface area contributed by atoms with Gasteiger partial charge in [-0.2, -0.15) is 0 Å². The Morgan fingerprint density at radius 2 is 1.29 bits per heavy atom. The van der Waals surface area contributed by atoms with E-state index >= 15 is 0 Å². The van der Waals surface area contributed by atoms with Gasteiger partial charge >= 0.3 is 0 Å². The highest BCUT2D eigenvalue weighted by atomic mass is 16.5. The minimum absolute atomic E-state index is 0.0176. The molecule has 0 spiro atoms. The number of hydrogen-bond acceptors (Lipinski definition) is 4. The van der Waals surface area contributed by atoms with Crippen molar-refractivity contribution in [1.29, 1.82) is 0 Å². The summed E-state index contributed by atoms with van der Waals surface area (Å²) in [5.74, 6) is 0. The molecule has 0 saturated carbocycles. The van der Waals surface area contributed by atoms with Crippen LogP contribution in [0.15, 0.2) is 0 Å². The molecule has 0 amide bonds. The molecule has 3 saturated heterocycles. The van der Waals surface area contributed by atoms with Crippen LogP contribution in [0.25, 0.3) is 0 Å². The average Bonchev–Trinajstić information content (AvgIpc) is 2.32. The van der Waals surface area contributed by atoms with Crippen LogP contribution in [-0.2, 0) is 9.47 Å². The monoisotopic (exact) mass is 298 g/mol. The van der Waals surface area contributed by atoms with E-state index < -0.39 is 0 Å². The Morgan fingerprint density at radius 3 is 1.76 bits per heavy atom. The molecule has 3 fully saturated rings. The summed E-state index contributed by atoms with van der Waals surface area (Å²) in [4.78, 5) is 5.19. The van der Waals surface area contributed by atoms with E-state index in [4.69, 9.17) is 9.47 Å². The molecule has 3 rings (SSSR count). The lowest BCUT2D eigenvalue weighted by molar-refractivity contribution is -0.102. The van der Waals surface area contributed by atoms with Gasteiger partial charge in [0.25, 0.3) is 0 Å². The second-order valence-corrected chi connectivity index (χ2v) is 8.46. The Bertz CT molecular complexity index is 321. The summed E-state index contributed by atoms with van der Waals surface area (Å²) in [6.45, 7) is 19.0. The van der Waals surface area contributed by atoms with E-state index in [9.17, 15) is 0 Å². The van der Waals surface area contributed by atoms with Crippen molar-refractivity contribution in [2.24, 2.45) is 0 Å². The van der Waals surface area contributed by atoms with Gasteiger partial charge in [0.15, 0.2) is 0 Å². The molecule has 0 aromatic rings. The number of hydrogen-bond donors (Lipinski definition) is 0. The van der Waals surface area contributed by atoms with Crippen LogP contribution in [0, 0.1) is 0 Å². The zero-order valence-corrected chi connectivity index (χ0v) is 14.8. The van der Waals surface area contributed by atoms with Crippen LogP contribution < -0.4 is 0 Å². The molecule has 2 bridgehead atoms. The van der Waals surface area contributed by atoms with E-state index in [1.807, 2.05) is 0 Å². The highest BCUT2D eigenvalue weighted by Crippen LogP contribution is 2.31. The van der Waals surface area contributed by atoms with Gasteiger partial charge in [0.05, 0.1) is 24.4 Å². The molecule has 0 aromatic carbocycles. The lowest BCUT2D eigenvalue weighted by atomic mass is 9.87. The number of piperazine rings is 1. The van der Waals surface area contributed by atoms with Gasteiger partial charge in [0.1, 0.15) is 0 Å². The lowest BCUT2D eigenvalue weighted by Crippen LogP contribution is -2.69. The van der Waals surface area contributed by atoms with E-state index in [1.165, 1.54) is 19.5 Å². The molecule has 4 nitrogen and oxygen atoms in total. The second kappa shape index (κ2) is 6.53. The first-order valence-corrected chi connectivity index (χ1v) is 8.40. The summed E-state index contributed by atoms with van der Waals surface area (Å²) in [6.07, 6.45) is 1.37. The molecule has 21 heavy (non-hydrogen) atoms. The standard InChI is InChI=1S/C17H34N2O2/c1-16(2,3)20-9-7-18-12-14-11-15(13-18)19(14)8-10-21-17(4,5)6/h14-15H,7-13H2,1-6H3. The summed E-state index contributed by atoms with van der Waals surface area (Å²) in [7, 11) is 0. The summed E-state index contributed by atoms with van der Waals surface area (Å²) in [5.41, 5.74) is -0.0364. The third kappa shape index (κ3) is 5.51. The van der Waals surface area contributed by atoms with E-state index in [0.29, 0.717) is 0 Å². The fraction of sp³-hybridized carbons (Fsp3) is 1.00. The molecular formula is C17H34N2O2. The Kier molecular flexibility index (Phi) is 5.35. The van der Waals surface area contributed by atoms with Crippen molar-refractivity contribution < 1.29 is 9.47 Å². The molecule has 0 radical (unpaired) electrons. The van der Waals surface area contributed by atoms with Crippen LogP contribution in [-0.4, -0.2) is 72.5 Å². The minimum Gasteiger partial charge on any atom is -0.375 e. The van der Waals surface area contributed by atoms with Gasteiger partial charge in [0.2, 0.25) is 0 Å². The van der Waals surface area contributed by atoms with Crippen molar-refractivity contribution >= 4 is 0 Å². The third-order valence-electron chi connectivity index (χ3n) is 4.25.